The smallest absolute Gasteiger partial charge is 0.106 e. The highest BCUT2D eigenvalue weighted by Gasteiger charge is 2.32. The minimum absolute atomic E-state index is 0.0488. The topological polar surface area (TPSA) is 9.23 Å². The molecule has 0 aromatic carbocycles. The Labute approximate surface area is 139 Å². The van der Waals surface area contributed by atoms with Crippen molar-refractivity contribution in [2.45, 2.75) is 103 Å². The zero-order valence-electron chi connectivity index (χ0n) is 15.1. The van der Waals surface area contributed by atoms with Gasteiger partial charge in [-0.15, -0.1) is 0 Å². The molecule has 0 amide bonds. The maximum atomic E-state index is 5.83. The summed E-state index contributed by atoms with van der Waals surface area (Å²) in [4.78, 5) is 0. The fraction of sp³-hybridized carbons (Fsp3) is 0.810. The summed E-state index contributed by atoms with van der Waals surface area (Å²) in [6.07, 6.45) is 26.5. The molecular weight excluding hydrogens is 268 g/mol. The first-order chi connectivity index (χ1) is 10.8. The Morgan fingerprint density at radius 2 is 1.18 bits per heavy atom. The van der Waals surface area contributed by atoms with E-state index in [1.807, 2.05) is 0 Å². The summed E-state index contributed by atoms with van der Waals surface area (Å²) in [6.45, 7) is 5.46. The van der Waals surface area contributed by atoms with Crippen LogP contribution in [0.3, 0.4) is 0 Å². The summed E-state index contributed by atoms with van der Waals surface area (Å²) in [7, 11) is 0. The molecule has 1 saturated heterocycles. The van der Waals surface area contributed by atoms with E-state index in [9.17, 15) is 0 Å². The van der Waals surface area contributed by atoms with Crippen molar-refractivity contribution >= 4 is 0 Å². The van der Waals surface area contributed by atoms with Gasteiger partial charge in [0.2, 0.25) is 0 Å². The molecule has 1 heteroatoms. The summed E-state index contributed by atoms with van der Waals surface area (Å²) >= 11 is 0. The lowest BCUT2D eigenvalue weighted by molar-refractivity contribution is -0.0776. The second kappa shape index (κ2) is 12.9. The lowest BCUT2D eigenvalue weighted by Crippen LogP contribution is -2.39. The molecule has 0 aromatic rings. The standard InChI is InChI=1S/C21H38O/c1-3-5-7-9-11-13-15-17-21(19-20-22-21)18-16-14-12-10-8-6-4-2/h15-18H,3-14,19-20H2,1-2H3/b17-15+,18-16+. The highest BCUT2D eigenvalue weighted by Crippen LogP contribution is 2.30. The Balaban J connectivity index is 2.12. The molecule has 0 spiro atoms. The number of hydrogen-bond donors (Lipinski definition) is 0. The maximum absolute atomic E-state index is 5.83. The molecule has 0 bridgehead atoms. The van der Waals surface area contributed by atoms with Crippen molar-refractivity contribution in [3.8, 4) is 0 Å². The minimum Gasteiger partial charge on any atom is -0.367 e. The monoisotopic (exact) mass is 306 g/mol. The van der Waals surface area contributed by atoms with Gasteiger partial charge in [0.1, 0.15) is 5.60 Å². The van der Waals surface area contributed by atoms with E-state index < -0.39 is 0 Å². The van der Waals surface area contributed by atoms with Crippen molar-refractivity contribution in [1.82, 2.24) is 0 Å². The van der Waals surface area contributed by atoms with Crippen LogP contribution in [0.4, 0.5) is 0 Å². The SMILES string of the molecule is CCCCCCC/C=C/C1(/C=C/CCCCCCC)CCO1. The number of hydrogen-bond acceptors (Lipinski definition) is 1. The summed E-state index contributed by atoms with van der Waals surface area (Å²) in [5.41, 5.74) is -0.0488. The third-order valence-electron chi connectivity index (χ3n) is 4.61. The van der Waals surface area contributed by atoms with Gasteiger partial charge in [0.05, 0.1) is 6.61 Å². The van der Waals surface area contributed by atoms with Gasteiger partial charge in [0, 0.05) is 6.42 Å². The summed E-state index contributed by atoms with van der Waals surface area (Å²) in [6, 6.07) is 0. The molecule has 1 fully saturated rings. The Morgan fingerprint density at radius 3 is 1.55 bits per heavy atom. The Morgan fingerprint density at radius 1 is 0.727 bits per heavy atom. The van der Waals surface area contributed by atoms with E-state index in [-0.39, 0.29) is 5.60 Å². The number of ether oxygens (including phenoxy) is 1. The Hall–Kier alpha value is -0.560. The quantitative estimate of drug-likeness (QED) is 0.248. The molecule has 22 heavy (non-hydrogen) atoms. The van der Waals surface area contributed by atoms with E-state index in [0.29, 0.717) is 0 Å². The molecule has 0 atom stereocenters. The van der Waals surface area contributed by atoms with Crippen molar-refractivity contribution in [3.05, 3.63) is 24.3 Å². The van der Waals surface area contributed by atoms with Gasteiger partial charge in [0.25, 0.3) is 0 Å². The molecule has 1 aliphatic rings. The van der Waals surface area contributed by atoms with Crippen molar-refractivity contribution < 1.29 is 4.74 Å². The highest BCUT2D eigenvalue weighted by molar-refractivity contribution is 5.18. The predicted octanol–water partition coefficient (Wildman–Crippen LogP) is 6.98. The molecule has 1 nitrogen and oxygen atoms in total. The fourth-order valence-corrected chi connectivity index (χ4v) is 2.95. The molecule has 0 aliphatic carbocycles. The minimum atomic E-state index is -0.0488. The van der Waals surface area contributed by atoms with Gasteiger partial charge < -0.3 is 4.74 Å². The second-order valence-corrected chi connectivity index (χ2v) is 6.76. The number of unbranched alkanes of at least 4 members (excludes halogenated alkanes) is 10. The van der Waals surface area contributed by atoms with Crippen LogP contribution >= 0.6 is 0 Å². The molecule has 0 N–H and O–H groups in total. The van der Waals surface area contributed by atoms with Crippen molar-refractivity contribution in [2.75, 3.05) is 6.61 Å². The Kier molecular flexibility index (Phi) is 11.5. The van der Waals surface area contributed by atoms with Crippen LogP contribution in [0.15, 0.2) is 24.3 Å². The van der Waals surface area contributed by atoms with Crippen LogP contribution in [0, 0.1) is 0 Å². The molecule has 1 rings (SSSR count). The third kappa shape index (κ3) is 8.78. The third-order valence-corrected chi connectivity index (χ3v) is 4.61. The first kappa shape index (κ1) is 19.5. The van der Waals surface area contributed by atoms with Crippen molar-refractivity contribution in [1.29, 1.82) is 0 Å². The maximum Gasteiger partial charge on any atom is 0.106 e. The molecule has 128 valence electrons. The van der Waals surface area contributed by atoms with E-state index in [1.165, 1.54) is 77.0 Å². The van der Waals surface area contributed by atoms with Crippen LogP contribution in [-0.4, -0.2) is 12.2 Å². The van der Waals surface area contributed by atoms with E-state index in [1.54, 1.807) is 0 Å². The molecule has 0 unspecified atom stereocenters. The van der Waals surface area contributed by atoms with Crippen LogP contribution < -0.4 is 0 Å². The summed E-state index contributed by atoms with van der Waals surface area (Å²) < 4.78 is 5.83. The van der Waals surface area contributed by atoms with E-state index in [0.717, 1.165) is 13.0 Å². The lowest BCUT2D eigenvalue weighted by Gasteiger charge is -2.37. The molecule has 1 aliphatic heterocycles. The van der Waals surface area contributed by atoms with Gasteiger partial charge in [-0.05, 0) is 25.7 Å². The number of allylic oxidation sites excluding steroid dienone is 2. The first-order valence-electron chi connectivity index (χ1n) is 9.82. The average Bonchev–Trinajstić information content (AvgIpc) is 2.49. The van der Waals surface area contributed by atoms with Crippen LogP contribution in [0.2, 0.25) is 0 Å². The summed E-state index contributed by atoms with van der Waals surface area (Å²) in [5, 5.41) is 0. The average molecular weight is 307 g/mol. The highest BCUT2D eigenvalue weighted by atomic mass is 16.5. The molecular formula is C21H38O. The molecule has 1 heterocycles. The lowest BCUT2D eigenvalue weighted by atomic mass is 9.92. The van der Waals surface area contributed by atoms with E-state index in [2.05, 4.69) is 38.2 Å². The zero-order valence-corrected chi connectivity index (χ0v) is 15.1. The molecule has 0 saturated carbocycles. The normalized spacial score (nSPS) is 17.4. The van der Waals surface area contributed by atoms with Gasteiger partial charge in [-0.1, -0.05) is 89.5 Å². The first-order valence-corrected chi connectivity index (χ1v) is 9.82. The van der Waals surface area contributed by atoms with E-state index in [4.69, 9.17) is 4.74 Å². The summed E-state index contributed by atoms with van der Waals surface area (Å²) in [5.74, 6) is 0. The predicted molar refractivity (Wildman–Crippen MR) is 98.3 cm³/mol. The van der Waals surface area contributed by atoms with Gasteiger partial charge in [-0.2, -0.15) is 0 Å². The van der Waals surface area contributed by atoms with Crippen LogP contribution in [0.5, 0.6) is 0 Å². The van der Waals surface area contributed by atoms with Gasteiger partial charge in [0.15, 0.2) is 0 Å². The van der Waals surface area contributed by atoms with Crippen LogP contribution in [-0.2, 0) is 4.74 Å². The molecule has 0 aromatic heterocycles. The van der Waals surface area contributed by atoms with E-state index >= 15 is 0 Å². The van der Waals surface area contributed by atoms with Gasteiger partial charge in [-0.25, -0.2) is 0 Å². The van der Waals surface area contributed by atoms with Crippen LogP contribution in [0.1, 0.15) is 97.3 Å². The molecule has 0 radical (unpaired) electrons. The van der Waals surface area contributed by atoms with Gasteiger partial charge in [-0.3, -0.25) is 0 Å². The van der Waals surface area contributed by atoms with Crippen LogP contribution in [0.25, 0.3) is 0 Å². The zero-order chi connectivity index (χ0) is 15.9. The Bertz CT molecular complexity index is 273. The number of rotatable bonds is 14. The fourth-order valence-electron chi connectivity index (χ4n) is 2.95. The second-order valence-electron chi connectivity index (χ2n) is 6.76. The van der Waals surface area contributed by atoms with Gasteiger partial charge >= 0.3 is 0 Å². The largest absolute Gasteiger partial charge is 0.367 e. The van der Waals surface area contributed by atoms with Crippen molar-refractivity contribution in [3.63, 3.8) is 0 Å². The van der Waals surface area contributed by atoms with Crippen molar-refractivity contribution in [2.24, 2.45) is 0 Å².